The Bertz CT molecular complexity index is 370. The maximum absolute atomic E-state index is 5.78. The van der Waals surface area contributed by atoms with Gasteiger partial charge >= 0.3 is 0 Å². The molecule has 1 heterocycles. The van der Waals surface area contributed by atoms with Gasteiger partial charge < -0.3 is 16.0 Å². The van der Waals surface area contributed by atoms with E-state index in [9.17, 15) is 0 Å². The van der Waals surface area contributed by atoms with Gasteiger partial charge in [0.15, 0.2) is 0 Å². The van der Waals surface area contributed by atoms with Gasteiger partial charge in [0.05, 0.1) is 0 Å². The molecule has 18 heavy (non-hydrogen) atoms. The van der Waals surface area contributed by atoms with Crippen molar-refractivity contribution in [2.75, 3.05) is 30.4 Å². The fourth-order valence-electron chi connectivity index (χ4n) is 1.53. The lowest BCUT2D eigenvalue weighted by molar-refractivity contribution is 0.442. The fraction of sp³-hybridized carbons (Fsp3) is 0.692. The third kappa shape index (κ3) is 5.31. The van der Waals surface area contributed by atoms with E-state index in [0.29, 0.717) is 0 Å². The second-order valence-electron chi connectivity index (χ2n) is 6.03. The van der Waals surface area contributed by atoms with Crippen molar-refractivity contribution in [3.63, 3.8) is 0 Å². The molecule has 0 aromatic carbocycles. The Morgan fingerprint density at radius 2 is 2.06 bits per heavy atom. The largest absolute Gasteiger partial charge is 0.369 e. The lowest BCUT2D eigenvalue weighted by Gasteiger charge is -2.22. The predicted molar refractivity (Wildman–Crippen MR) is 76.9 cm³/mol. The Kier molecular flexibility index (Phi) is 4.90. The summed E-state index contributed by atoms with van der Waals surface area (Å²) in [5.41, 5.74) is 6.01. The maximum atomic E-state index is 5.78. The summed E-state index contributed by atoms with van der Waals surface area (Å²) in [4.78, 5) is 10.5. The van der Waals surface area contributed by atoms with Gasteiger partial charge in [-0.3, -0.25) is 0 Å². The Labute approximate surface area is 110 Å². The molecule has 0 amide bonds. The standard InChI is InChI=1S/C13H25N5/c1-10(14)7-18(5)12-6-11(16-9-17-12)15-8-13(2,3)4/h6,9-10H,7-8,14H2,1-5H3,(H,15,16,17). The van der Waals surface area contributed by atoms with E-state index in [2.05, 4.69) is 36.1 Å². The van der Waals surface area contributed by atoms with E-state index < -0.39 is 0 Å². The van der Waals surface area contributed by atoms with E-state index in [1.807, 2.05) is 24.9 Å². The van der Waals surface area contributed by atoms with Crippen LogP contribution < -0.4 is 16.0 Å². The van der Waals surface area contributed by atoms with Gasteiger partial charge in [0.2, 0.25) is 0 Å². The molecule has 0 bridgehead atoms. The zero-order valence-electron chi connectivity index (χ0n) is 12.1. The average molecular weight is 251 g/mol. The van der Waals surface area contributed by atoms with Crippen molar-refractivity contribution < 1.29 is 0 Å². The molecule has 0 spiro atoms. The molecule has 0 saturated heterocycles. The summed E-state index contributed by atoms with van der Waals surface area (Å²) in [6.07, 6.45) is 1.58. The van der Waals surface area contributed by atoms with Crippen molar-refractivity contribution in [1.29, 1.82) is 0 Å². The molecule has 1 atom stereocenters. The highest BCUT2D eigenvalue weighted by Crippen LogP contribution is 2.16. The van der Waals surface area contributed by atoms with Crippen LogP contribution in [-0.4, -0.2) is 36.1 Å². The minimum Gasteiger partial charge on any atom is -0.369 e. The number of anilines is 2. The van der Waals surface area contributed by atoms with Crippen molar-refractivity contribution in [3.8, 4) is 0 Å². The second kappa shape index (κ2) is 6.00. The molecule has 1 aromatic heterocycles. The molecule has 0 aliphatic carbocycles. The third-order valence-corrected chi connectivity index (χ3v) is 2.41. The topological polar surface area (TPSA) is 67.1 Å². The van der Waals surface area contributed by atoms with Crippen LogP contribution in [0.3, 0.4) is 0 Å². The SMILES string of the molecule is CC(N)CN(C)c1cc(NCC(C)(C)C)ncn1. The Morgan fingerprint density at radius 3 is 2.61 bits per heavy atom. The van der Waals surface area contributed by atoms with Gasteiger partial charge in [-0.2, -0.15) is 0 Å². The molecule has 1 unspecified atom stereocenters. The molecule has 1 rings (SSSR count). The molecule has 0 radical (unpaired) electrons. The van der Waals surface area contributed by atoms with Crippen molar-refractivity contribution in [3.05, 3.63) is 12.4 Å². The van der Waals surface area contributed by atoms with Crippen LogP contribution >= 0.6 is 0 Å². The fourth-order valence-corrected chi connectivity index (χ4v) is 1.53. The van der Waals surface area contributed by atoms with Gasteiger partial charge in [0, 0.05) is 32.2 Å². The van der Waals surface area contributed by atoms with E-state index >= 15 is 0 Å². The van der Waals surface area contributed by atoms with E-state index in [0.717, 1.165) is 24.7 Å². The Balaban J connectivity index is 2.67. The van der Waals surface area contributed by atoms with Crippen LogP contribution in [0, 0.1) is 5.41 Å². The number of rotatable bonds is 5. The van der Waals surface area contributed by atoms with Crippen molar-refractivity contribution >= 4 is 11.6 Å². The Morgan fingerprint density at radius 1 is 1.39 bits per heavy atom. The van der Waals surface area contributed by atoms with Gasteiger partial charge in [-0.15, -0.1) is 0 Å². The normalized spacial score (nSPS) is 13.2. The molecular weight excluding hydrogens is 226 g/mol. The van der Waals surface area contributed by atoms with Crippen molar-refractivity contribution in [2.24, 2.45) is 11.1 Å². The highest BCUT2D eigenvalue weighted by atomic mass is 15.2. The Hall–Kier alpha value is -1.36. The zero-order chi connectivity index (χ0) is 13.8. The lowest BCUT2D eigenvalue weighted by Crippen LogP contribution is -2.33. The van der Waals surface area contributed by atoms with E-state index in [4.69, 9.17) is 5.73 Å². The monoisotopic (exact) mass is 251 g/mol. The zero-order valence-corrected chi connectivity index (χ0v) is 12.1. The van der Waals surface area contributed by atoms with Crippen molar-refractivity contribution in [2.45, 2.75) is 33.7 Å². The number of nitrogens with one attached hydrogen (secondary N) is 1. The van der Waals surface area contributed by atoms with Gasteiger partial charge in [-0.25, -0.2) is 9.97 Å². The molecule has 5 heteroatoms. The first kappa shape index (κ1) is 14.7. The molecule has 0 aliphatic rings. The first-order valence-corrected chi connectivity index (χ1v) is 6.30. The summed E-state index contributed by atoms with van der Waals surface area (Å²) < 4.78 is 0. The van der Waals surface area contributed by atoms with E-state index in [1.54, 1.807) is 6.33 Å². The molecular formula is C13H25N5. The van der Waals surface area contributed by atoms with Gasteiger partial charge in [-0.05, 0) is 12.3 Å². The molecule has 0 aliphatic heterocycles. The maximum Gasteiger partial charge on any atom is 0.133 e. The number of nitrogens with zero attached hydrogens (tertiary/aromatic N) is 3. The molecule has 0 saturated carbocycles. The van der Waals surface area contributed by atoms with Gasteiger partial charge in [0.1, 0.15) is 18.0 Å². The molecule has 1 aromatic rings. The molecule has 0 fully saturated rings. The highest BCUT2D eigenvalue weighted by Gasteiger charge is 2.11. The number of hydrogen-bond acceptors (Lipinski definition) is 5. The number of hydrogen-bond donors (Lipinski definition) is 2. The minimum absolute atomic E-state index is 0.121. The summed E-state index contributed by atoms with van der Waals surface area (Å²) in [6, 6.07) is 2.07. The molecule has 102 valence electrons. The number of nitrogens with two attached hydrogens (primary N) is 1. The van der Waals surface area contributed by atoms with Crippen LogP contribution in [0.15, 0.2) is 12.4 Å². The van der Waals surface area contributed by atoms with Crippen LogP contribution in [0.5, 0.6) is 0 Å². The summed E-state index contributed by atoms with van der Waals surface area (Å²) >= 11 is 0. The van der Waals surface area contributed by atoms with Crippen LogP contribution in [0.2, 0.25) is 0 Å². The van der Waals surface area contributed by atoms with E-state index in [-0.39, 0.29) is 11.5 Å². The molecule has 5 nitrogen and oxygen atoms in total. The van der Waals surface area contributed by atoms with E-state index in [1.165, 1.54) is 0 Å². The number of likely N-dealkylation sites (N-methyl/N-ethyl adjacent to an activating group) is 1. The smallest absolute Gasteiger partial charge is 0.133 e. The first-order chi connectivity index (χ1) is 8.28. The van der Waals surface area contributed by atoms with Crippen molar-refractivity contribution in [1.82, 2.24) is 9.97 Å². The van der Waals surface area contributed by atoms with Gasteiger partial charge in [0.25, 0.3) is 0 Å². The minimum atomic E-state index is 0.121. The number of aromatic nitrogens is 2. The molecule has 3 N–H and O–H groups in total. The average Bonchev–Trinajstić information content (AvgIpc) is 2.25. The first-order valence-electron chi connectivity index (χ1n) is 6.30. The summed E-state index contributed by atoms with van der Waals surface area (Å²) in [7, 11) is 1.99. The van der Waals surface area contributed by atoms with Crippen LogP contribution in [0.4, 0.5) is 11.6 Å². The summed E-state index contributed by atoms with van der Waals surface area (Å²) in [6.45, 7) is 10.2. The quantitative estimate of drug-likeness (QED) is 0.834. The van der Waals surface area contributed by atoms with Crippen LogP contribution in [-0.2, 0) is 0 Å². The second-order valence-corrected chi connectivity index (χ2v) is 6.03. The summed E-state index contributed by atoms with van der Waals surface area (Å²) in [5.74, 6) is 1.74. The highest BCUT2D eigenvalue weighted by molar-refractivity contribution is 5.48. The van der Waals surface area contributed by atoms with Crippen LogP contribution in [0.1, 0.15) is 27.7 Å². The summed E-state index contributed by atoms with van der Waals surface area (Å²) in [5, 5.41) is 3.32. The van der Waals surface area contributed by atoms with Crippen LogP contribution in [0.25, 0.3) is 0 Å². The lowest BCUT2D eigenvalue weighted by atomic mass is 9.97. The third-order valence-electron chi connectivity index (χ3n) is 2.41. The predicted octanol–water partition coefficient (Wildman–Crippen LogP) is 1.72. The van der Waals surface area contributed by atoms with Gasteiger partial charge in [-0.1, -0.05) is 20.8 Å².